The van der Waals surface area contributed by atoms with Crippen LogP contribution in [0.3, 0.4) is 0 Å². The van der Waals surface area contributed by atoms with Gasteiger partial charge in [0.2, 0.25) is 0 Å². The number of aryl methyl sites for hydroxylation is 1. The summed E-state index contributed by atoms with van der Waals surface area (Å²) in [4.78, 5) is 14.5. The molecule has 0 aliphatic heterocycles. The Bertz CT molecular complexity index is 349. The maximum absolute atomic E-state index is 10.6. The molecule has 1 aromatic rings. The van der Waals surface area contributed by atoms with Crippen molar-refractivity contribution in [1.29, 1.82) is 0 Å². The maximum Gasteiger partial charge on any atom is 0.375 e. The van der Waals surface area contributed by atoms with Crippen molar-refractivity contribution in [3.8, 4) is 0 Å². The van der Waals surface area contributed by atoms with Crippen LogP contribution in [0.1, 0.15) is 37.2 Å². The number of nitrogens with zero attached hydrogens (tertiary/aromatic N) is 3. The Morgan fingerprint density at radius 2 is 2.07 bits per heavy atom. The van der Waals surface area contributed by atoms with E-state index in [1.54, 1.807) is 7.05 Å². The summed E-state index contributed by atoms with van der Waals surface area (Å²) in [5.41, 5.74) is 0.0799. The molecular weight excluding hydrogens is 182 g/mol. The molecule has 0 fully saturated rings. The molecule has 1 rings (SSSR count). The standard InChI is InChI=1S/C9H15N3O2/c1-9(2,3)5-6-10-7(8(13)14)11-12(6)4/h5H2,1-4H3,(H,13,14). The van der Waals surface area contributed by atoms with Crippen LogP contribution in [-0.4, -0.2) is 25.8 Å². The number of carboxylic acids is 1. The van der Waals surface area contributed by atoms with Crippen LogP contribution >= 0.6 is 0 Å². The quantitative estimate of drug-likeness (QED) is 0.770. The van der Waals surface area contributed by atoms with Crippen molar-refractivity contribution in [3.63, 3.8) is 0 Å². The van der Waals surface area contributed by atoms with E-state index in [-0.39, 0.29) is 11.2 Å². The Morgan fingerprint density at radius 1 is 1.50 bits per heavy atom. The third kappa shape index (κ3) is 2.55. The van der Waals surface area contributed by atoms with Gasteiger partial charge in [0.1, 0.15) is 5.82 Å². The van der Waals surface area contributed by atoms with E-state index in [4.69, 9.17) is 5.11 Å². The molecule has 0 bridgehead atoms. The molecule has 0 unspecified atom stereocenters. The van der Waals surface area contributed by atoms with E-state index in [0.717, 1.165) is 0 Å². The summed E-state index contributed by atoms with van der Waals surface area (Å²) in [6, 6.07) is 0. The Morgan fingerprint density at radius 3 is 2.43 bits per heavy atom. The van der Waals surface area contributed by atoms with Gasteiger partial charge in [-0.25, -0.2) is 9.78 Å². The fourth-order valence-corrected chi connectivity index (χ4v) is 1.14. The highest BCUT2D eigenvalue weighted by Crippen LogP contribution is 2.18. The predicted octanol–water partition coefficient (Wildman–Crippen LogP) is 1.10. The third-order valence-electron chi connectivity index (χ3n) is 1.73. The minimum Gasteiger partial charge on any atom is -0.475 e. The highest BCUT2D eigenvalue weighted by molar-refractivity contribution is 5.82. The lowest BCUT2D eigenvalue weighted by Crippen LogP contribution is -2.13. The van der Waals surface area contributed by atoms with E-state index in [1.165, 1.54) is 4.68 Å². The molecule has 5 heteroatoms. The minimum absolute atomic E-state index is 0.0799. The van der Waals surface area contributed by atoms with Crippen molar-refractivity contribution in [2.24, 2.45) is 12.5 Å². The molecule has 0 aromatic carbocycles. The molecule has 78 valence electrons. The first-order valence-corrected chi connectivity index (χ1v) is 4.43. The van der Waals surface area contributed by atoms with Crippen molar-refractivity contribution < 1.29 is 9.90 Å². The monoisotopic (exact) mass is 197 g/mol. The first-order chi connectivity index (χ1) is 6.29. The van der Waals surface area contributed by atoms with Gasteiger partial charge in [0, 0.05) is 13.5 Å². The van der Waals surface area contributed by atoms with E-state index in [0.29, 0.717) is 12.2 Å². The summed E-state index contributed by atoms with van der Waals surface area (Å²) in [5, 5.41) is 12.5. The topological polar surface area (TPSA) is 68.0 Å². The predicted molar refractivity (Wildman–Crippen MR) is 51.1 cm³/mol. The van der Waals surface area contributed by atoms with Crippen LogP contribution in [0.25, 0.3) is 0 Å². The number of hydrogen-bond acceptors (Lipinski definition) is 3. The van der Waals surface area contributed by atoms with Gasteiger partial charge in [-0.15, -0.1) is 5.10 Å². The van der Waals surface area contributed by atoms with Gasteiger partial charge in [-0.2, -0.15) is 0 Å². The molecule has 14 heavy (non-hydrogen) atoms. The molecule has 1 heterocycles. The zero-order valence-corrected chi connectivity index (χ0v) is 8.90. The van der Waals surface area contributed by atoms with Gasteiger partial charge in [-0.05, 0) is 5.41 Å². The fourth-order valence-electron chi connectivity index (χ4n) is 1.14. The molecule has 0 saturated carbocycles. The van der Waals surface area contributed by atoms with E-state index in [1.807, 2.05) is 0 Å². The van der Waals surface area contributed by atoms with Gasteiger partial charge in [-0.1, -0.05) is 20.8 Å². The first-order valence-electron chi connectivity index (χ1n) is 4.43. The van der Waals surface area contributed by atoms with Gasteiger partial charge in [0.25, 0.3) is 5.82 Å². The molecule has 1 aromatic heterocycles. The van der Waals surface area contributed by atoms with E-state index >= 15 is 0 Å². The highest BCUT2D eigenvalue weighted by Gasteiger charge is 2.18. The molecule has 0 spiro atoms. The van der Waals surface area contributed by atoms with E-state index in [9.17, 15) is 4.79 Å². The van der Waals surface area contributed by atoms with Crippen LogP contribution < -0.4 is 0 Å². The summed E-state index contributed by atoms with van der Waals surface area (Å²) in [7, 11) is 1.71. The second-order valence-corrected chi connectivity index (χ2v) is 4.52. The fraction of sp³-hybridized carbons (Fsp3) is 0.667. The SMILES string of the molecule is Cn1nc(C(=O)O)nc1CC(C)(C)C. The van der Waals surface area contributed by atoms with Crippen LogP contribution in [0.15, 0.2) is 0 Å². The summed E-state index contributed by atoms with van der Waals surface area (Å²) in [6.45, 7) is 6.21. The summed E-state index contributed by atoms with van der Waals surface area (Å²) < 4.78 is 1.52. The van der Waals surface area contributed by atoms with Gasteiger partial charge >= 0.3 is 5.97 Å². The number of hydrogen-bond donors (Lipinski definition) is 1. The maximum atomic E-state index is 10.6. The molecular formula is C9H15N3O2. The number of aromatic carboxylic acids is 1. The largest absolute Gasteiger partial charge is 0.475 e. The van der Waals surface area contributed by atoms with Gasteiger partial charge < -0.3 is 5.11 Å². The second-order valence-electron chi connectivity index (χ2n) is 4.52. The Hall–Kier alpha value is -1.39. The lowest BCUT2D eigenvalue weighted by Gasteiger charge is -2.16. The van der Waals surface area contributed by atoms with Crippen molar-refractivity contribution in [1.82, 2.24) is 14.8 Å². The Labute approximate surface area is 82.8 Å². The molecule has 0 aliphatic carbocycles. The van der Waals surface area contributed by atoms with Crippen LogP contribution in [-0.2, 0) is 13.5 Å². The van der Waals surface area contributed by atoms with Gasteiger partial charge in [-0.3, -0.25) is 4.68 Å². The van der Waals surface area contributed by atoms with Crippen LogP contribution in [0.5, 0.6) is 0 Å². The Balaban J connectivity index is 2.94. The summed E-state index contributed by atoms with van der Waals surface area (Å²) in [6.07, 6.45) is 0.712. The number of carboxylic acid groups (broad SMARTS) is 1. The zero-order chi connectivity index (χ0) is 10.9. The average molecular weight is 197 g/mol. The third-order valence-corrected chi connectivity index (χ3v) is 1.73. The number of carbonyl (C=O) groups is 1. The van der Waals surface area contributed by atoms with Crippen LogP contribution in [0.2, 0.25) is 0 Å². The zero-order valence-electron chi connectivity index (χ0n) is 8.90. The van der Waals surface area contributed by atoms with Crippen molar-refractivity contribution >= 4 is 5.97 Å². The summed E-state index contributed by atoms with van der Waals surface area (Å²) in [5.74, 6) is -0.512. The Kier molecular flexibility index (Phi) is 2.59. The smallest absolute Gasteiger partial charge is 0.375 e. The average Bonchev–Trinajstić information content (AvgIpc) is 2.29. The highest BCUT2D eigenvalue weighted by atomic mass is 16.4. The molecule has 0 radical (unpaired) electrons. The number of aromatic nitrogens is 3. The molecule has 0 amide bonds. The lowest BCUT2D eigenvalue weighted by molar-refractivity contribution is 0.0683. The summed E-state index contributed by atoms with van der Waals surface area (Å²) >= 11 is 0. The lowest BCUT2D eigenvalue weighted by atomic mass is 9.92. The number of rotatable bonds is 2. The molecule has 0 saturated heterocycles. The van der Waals surface area contributed by atoms with Crippen LogP contribution in [0.4, 0.5) is 0 Å². The molecule has 5 nitrogen and oxygen atoms in total. The van der Waals surface area contributed by atoms with Gasteiger partial charge in [0.05, 0.1) is 0 Å². The van der Waals surface area contributed by atoms with Crippen molar-refractivity contribution in [2.45, 2.75) is 27.2 Å². The molecule has 0 atom stereocenters. The normalized spacial score (nSPS) is 11.7. The van der Waals surface area contributed by atoms with Crippen molar-refractivity contribution in [3.05, 3.63) is 11.6 Å². The van der Waals surface area contributed by atoms with E-state index < -0.39 is 5.97 Å². The second kappa shape index (κ2) is 3.40. The van der Waals surface area contributed by atoms with Crippen molar-refractivity contribution in [2.75, 3.05) is 0 Å². The van der Waals surface area contributed by atoms with Crippen LogP contribution in [0, 0.1) is 5.41 Å². The van der Waals surface area contributed by atoms with Gasteiger partial charge in [0.15, 0.2) is 0 Å². The molecule has 0 aliphatic rings. The van der Waals surface area contributed by atoms with E-state index in [2.05, 4.69) is 30.9 Å². The molecule has 1 N–H and O–H groups in total. The minimum atomic E-state index is -1.08. The first kappa shape index (κ1) is 10.7.